The number of halogens is 1. The summed E-state index contributed by atoms with van der Waals surface area (Å²) in [5.74, 6) is 1.79. The zero-order valence-electron chi connectivity index (χ0n) is 18.8. The molecule has 0 amide bonds. The van der Waals surface area contributed by atoms with Gasteiger partial charge in [-0.1, -0.05) is 38.1 Å². The van der Waals surface area contributed by atoms with Crippen molar-refractivity contribution in [2.24, 2.45) is 10.9 Å². The smallest absolute Gasteiger partial charge is 0.193 e. The van der Waals surface area contributed by atoms with Gasteiger partial charge in [0.1, 0.15) is 0 Å². The van der Waals surface area contributed by atoms with Crippen molar-refractivity contribution in [1.82, 2.24) is 15.1 Å². The quantitative estimate of drug-likeness (QED) is 0.285. The number of ether oxygens (including phenoxy) is 1. The Balaban J connectivity index is 0.00000420. The Kier molecular flexibility index (Phi) is 13.6. The molecule has 0 aliphatic carbocycles. The van der Waals surface area contributed by atoms with Crippen LogP contribution in [0.3, 0.4) is 0 Å². The van der Waals surface area contributed by atoms with Crippen LogP contribution in [0.1, 0.15) is 51.2 Å². The van der Waals surface area contributed by atoms with E-state index in [0.29, 0.717) is 0 Å². The highest BCUT2D eigenvalue weighted by Gasteiger charge is 2.15. The van der Waals surface area contributed by atoms with Gasteiger partial charge in [-0.15, -0.1) is 24.0 Å². The lowest BCUT2D eigenvalue weighted by molar-refractivity contribution is 0.0625. The van der Waals surface area contributed by atoms with E-state index in [-0.39, 0.29) is 24.0 Å². The third-order valence-electron chi connectivity index (χ3n) is 5.61. The van der Waals surface area contributed by atoms with Crippen LogP contribution >= 0.6 is 24.0 Å². The van der Waals surface area contributed by atoms with Gasteiger partial charge < -0.3 is 15.0 Å². The summed E-state index contributed by atoms with van der Waals surface area (Å²) < 4.78 is 5.48. The lowest BCUT2D eigenvalue weighted by atomic mass is 9.96. The van der Waals surface area contributed by atoms with Gasteiger partial charge in [0.25, 0.3) is 0 Å². The molecule has 6 heteroatoms. The van der Waals surface area contributed by atoms with Crippen molar-refractivity contribution < 1.29 is 4.74 Å². The number of aliphatic imine (C=N–C) groups is 1. The van der Waals surface area contributed by atoms with Crippen LogP contribution in [-0.2, 0) is 17.8 Å². The Morgan fingerprint density at radius 2 is 1.83 bits per heavy atom. The molecule has 1 aromatic rings. The Morgan fingerprint density at radius 3 is 2.48 bits per heavy atom. The third kappa shape index (κ3) is 9.66. The van der Waals surface area contributed by atoms with E-state index in [0.717, 1.165) is 64.4 Å². The molecule has 0 spiro atoms. The second kappa shape index (κ2) is 15.0. The van der Waals surface area contributed by atoms with Crippen molar-refractivity contribution in [2.75, 3.05) is 46.4 Å². The number of nitrogens with zero attached hydrogens (tertiary/aromatic N) is 3. The largest absolute Gasteiger partial charge is 0.381 e. The fourth-order valence-corrected chi connectivity index (χ4v) is 3.68. The lowest BCUT2D eigenvalue weighted by Crippen LogP contribution is -2.40. The molecule has 29 heavy (non-hydrogen) atoms. The summed E-state index contributed by atoms with van der Waals surface area (Å²) in [4.78, 5) is 9.62. The Labute approximate surface area is 195 Å². The summed E-state index contributed by atoms with van der Waals surface area (Å²) in [6, 6.07) is 8.86. The average molecular weight is 517 g/mol. The number of nitrogens with one attached hydrogen (secondary N) is 1. The van der Waals surface area contributed by atoms with Crippen molar-refractivity contribution in [2.45, 2.75) is 53.1 Å². The first-order chi connectivity index (χ1) is 13.7. The molecular formula is C23H41IN4O. The standard InChI is InChI=1S/C23H40N4O.HI/c1-5-24-23(26(4)14-11-20-12-15-28-16-13-20)25-18-21-9-8-10-22(17-21)19-27(6-2)7-3;/h8-10,17,20H,5-7,11-16,18-19H2,1-4H3,(H,24,25);1H. The van der Waals surface area contributed by atoms with E-state index in [1.165, 1.54) is 30.4 Å². The van der Waals surface area contributed by atoms with E-state index in [1.807, 2.05) is 0 Å². The van der Waals surface area contributed by atoms with Crippen LogP contribution in [0.2, 0.25) is 0 Å². The number of rotatable bonds is 10. The van der Waals surface area contributed by atoms with Crippen LogP contribution in [0, 0.1) is 5.92 Å². The maximum atomic E-state index is 5.48. The van der Waals surface area contributed by atoms with Gasteiger partial charge in [-0.05, 0) is 56.3 Å². The monoisotopic (exact) mass is 516 g/mol. The predicted molar refractivity (Wildman–Crippen MR) is 134 cm³/mol. The minimum absolute atomic E-state index is 0. The molecule has 0 bridgehead atoms. The summed E-state index contributed by atoms with van der Waals surface area (Å²) in [5.41, 5.74) is 2.65. The molecule has 1 N–H and O–H groups in total. The van der Waals surface area contributed by atoms with E-state index >= 15 is 0 Å². The first-order valence-corrected chi connectivity index (χ1v) is 11.0. The topological polar surface area (TPSA) is 40.1 Å². The minimum atomic E-state index is 0. The average Bonchev–Trinajstić information content (AvgIpc) is 2.74. The summed E-state index contributed by atoms with van der Waals surface area (Å²) in [5, 5.41) is 3.45. The number of hydrogen-bond acceptors (Lipinski definition) is 3. The zero-order chi connectivity index (χ0) is 20.2. The third-order valence-corrected chi connectivity index (χ3v) is 5.61. The SMILES string of the molecule is CCNC(=NCc1cccc(CN(CC)CC)c1)N(C)CCC1CCOCC1.I. The first-order valence-electron chi connectivity index (χ1n) is 11.0. The molecule has 1 heterocycles. The molecule has 0 aromatic heterocycles. The highest BCUT2D eigenvalue weighted by atomic mass is 127. The summed E-state index contributed by atoms with van der Waals surface area (Å²) in [7, 11) is 2.15. The summed E-state index contributed by atoms with van der Waals surface area (Å²) in [6.45, 7) is 14.2. The highest BCUT2D eigenvalue weighted by molar-refractivity contribution is 14.0. The van der Waals surface area contributed by atoms with Gasteiger partial charge in [0.15, 0.2) is 5.96 Å². The number of benzene rings is 1. The molecule has 5 nitrogen and oxygen atoms in total. The van der Waals surface area contributed by atoms with Gasteiger partial charge in [0.2, 0.25) is 0 Å². The molecule has 2 rings (SSSR count). The van der Waals surface area contributed by atoms with E-state index in [2.05, 4.69) is 67.2 Å². The van der Waals surface area contributed by atoms with Gasteiger partial charge >= 0.3 is 0 Å². The maximum Gasteiger partial charge on any atom is 0.193 e. The zero-order valence-corrected chi connectivity index (χ0v) is 21.2. The van der Waals surface area contributed by atoms with Crippen molar-refractivity contribution in [3.05, 3.63) is 35.4 Å². The second-order valence-corrected chi connectivity index (χ2v) is 7.72. The molecule has 1 aliphatic heterocycles. The van der Waals surface area contributed by atoms with E-state index in [1.54, 1.807) is 0 Å². The maximum absolute atomic E-state index is 5.48. The van der Waals surface area contributed by atoms with E-state index in [4.69, 9.17) is 9.73 Å². The molecule has 0 unspecified atom stereocenters. The van der Waals surface area contributed by atoms with Crippen LogP contribution in [0.4, 0.5) is 0 Å². The van der Waals surface area contributed by atoms with Crippen molar-refractivity contribution in [1.29, 1.82) is 0 Å². The lowest BCUT2D eigenvalue weighted by Gasteiger charge is -2.27. The van der Waals surface area contributed by atoms with Crippen LogP contribution in [0.25, 0.3) is 0 Å². The predicted octanol–water partition coefficient (Wildman–Crippen LogP) is 4.36. The van der Waals surface area contributed by atoms with Gasteiger partial charge in [-0.3, -0.25) is 4.90 Å². The Bertz CT molecular complexity index is 586. The van der Waals surface area contributed by atoms with E-state index in [9.17, 15) is 0 Å². The van der Waals surface area contributed by atoms with Crippen molar-refractivity contribution in [3.63, 3.8) is 0 Å². The number of hydrogen-bond donors (Lipinski definition) is 1. The molecule has 1 fully saturated rings. The van der Waals surface area contributed by atoms with Crippen molar-refractivity contribution in [3.8, 4) is 0 Å². The summed E-state index contributed by atoms with van der Waals surface area (Å²) in [6.07, 6.45) is 3.60. The Morgan fingerprint density at radius 1 is 1.14 bits per heavy atom. The molecule has 0 atom stereocenters. The normalized spacial score (nSPS) is 15.3. The minimum Gasteiger partial charge on any atom is -0.381 e. The molecule has 1 aliphatic rings. The van der Waals surface area contributed by atoms with Gasteiger partial charge in [0.05, 0.1) is 6.54 Å². The molecule has 0 saturated carbocycles. The molecule has 0 radical (unpaired) electrons. The van der Waals surface area contributed by atoms with Crippen LogP contribution in [0.5, 0.6) is 0 Å². The van der Waals surface area contributed by atoms with Crippen molar-refractivity contribution >= 4 is 29.9 Å². The summed E-state index contributed by atoms with van der Waals surface area (Å²) >= 11 is 0. The van der Waals surface area contributed by atoms with Crippen LogP contribution in [0.15, 0.2) is 29.3 Å². The van der Waals surface area contributed by atoms with Gasteiger partial charge in [-0.2, -0.15) is 0 Å². The first kappa shape index (κ1) is 26.2. The molecule has 166 valence electrons. The molecule has 1 saturated heterocycles. The van der Waals surface area contributed by atoms with E-state index < -0.39 is 0 Å². The van der Waals surface area contributed by atoms with Crippen LogP contribution in [-0.4, -0.2) is 62.2 Å². The van der Waals surface area contributed by atoms with Gasteiger partial charge in [-0.25, -0.2) is 4.99 Å². The molecular weight excluding hydrogens is 475 g/mol. The fourth-order valence-electron chi connectivity index (χ4n) is 3.68. The number of guanidine groups is 1. The Hall–Kier alpha value is -0.860. The highest BCUT2D eigenvalue weighted by Crippen LogP contribution is 2.18. The molecule has 1 aromatic carbocycles. The van der Waals surface area contributed by atoms with Gasteiger partial charge in [0, 0.05) is 39.9 Å². The fraction of sp³-hybridized carbons (Fsp3) is 0.696. The van der Waals surface area contributed by atoms with Crippen LogP contribution < -0.4 is 5.32 Å². The second-order valence-electron chi connectivity index (χ2n) is 7.72.